The molecule has 0 aliphatic heterocycles. The summed E-state index contributed by atoms with van der Waals surface area (Å²) in [6, 6.07) is 0. The summed E-state index contributed by atoms with van der Waals surface area (Å²) in [4.78, 5) is 13.0. The van der Waals surface area contributed by atoms with Crippen LogP contribution in [0.3, 0.4) is 0 Å². The van der Waals surface area contributed by atoms with Crippen molar-refractivity contribution in [2.45, 2.75) is 84.5 Å². The van der Waals surface area contributed by atoms with Crippen LogP contribution in [0.1, 0.15) is 84.5 Å². The normalized spacial score (nSPS) is 25.0. The van der Waals surface area contributed by atoms with Crippen molar-refractivity contribution in [2.24, 2.45) is 23.2 Å². The van der Waals surface area contributed by atoms with Gasteiger partial charge in [0.2, 0.25) is 10.5 Å². The maximum absolute atomic E-state index is 13.0. The van der Waals surface area contributed by atoms with Crippen LogP contribution in [0.15, 0.2) is 0 Å². The van der Waals surface area contributed by atoms with Crippen molar-refractivity contribution in [1.29, 1.82) is 0 Å². The molecule has 0 N–H and O–H groups in total. The molecule has 2 saturated carbocycles. The van der Waals surface area contributed by atoms with Crippen molar-refractivity contribution >= 4 is 16.5 Å². The van der Waals surface area contributed by atoms with E-state index in [0.717, 1.165) is 25.2 Å². The first-order valence-corrected chi connectivity index (χ1v) is 10.1. The SMILES string of the molecule is CCCC(C(=O)O[SiH3])(C1CCCC1)C(CC)C1CCCC1. The highest BCUT2D eigenvalue weighted by atomic mass is 28.2. The summed E-state index contributed by atoms with van der Waals surface area (Å²) in [7, 11) is 0.545. The minimum Gasteiger partial charge on any atom is -0.528 e. The molecule has 122 valence electrons. The van der Waals surface area contributed by atoms with E-state index in [9.17, 15) is 4.79 Å². The van der Waals surface area contributed by atoms with Crippen LogP contribution in [0, 0.1) is 23.2 Å². The number of carbonyl (C=O) groups excluding carboxylic acids is 1. The fraction of sp³-hybridized carbons (Fsp3) is 0.944. The Hall–Kier alpha value is -0.313. The van der Waals surface area contributed by atoms with Crippen LogP contribution in [0.25, 0.3) is 0 Å². The molecule has 2 atom stereocenters. The third-order valence-corrected chi connectivity index (χ3v) is 6.75. The van der Waals surface area contributed by atoms with Gasteiger partial charge in [0.1, 0.15) is 0 Å². The van der Waals surface area contributed by atoms with E-state index in [1.165, 1.54) is 51.4 Å². The van der Waals surface area contributed by atoms with Gasteiger partial charge in [0.15, 0.2) is 0 Å². The van der Waals surface area contributed by atoms with Gasteiger partial charge >= 0.3 is 0 Å². The van der Waals surface area contributed by atoms with Crippen molar-refractivity contribution < 1.29 is 9.22 Å². The van der Waals surface area contributed by atoms with E-state index >= 15 is 0 Å². The maximum atomic E-state index is 13.0. The summed E-state index contributed by atoms with van der Waals surface area (Å²) in [5, 5.41) is 0. The summed E-state index contributed by atoms with van der Waals surface area (Å²) < 4.78 is 5.52. The smallest absolute Gasteiger partial charge is 0.298 e. The number of rotatable bonds is 7. The van der Waals surface area contributed by atoms with Gasteiger partial charge in [-0.05, 0) is 37.0 Å². The Morgan fingerprint density at radius 2 is 1.71 bits per heavy atom. The average Bonchev–Trinajstić information content (AvgIpc) is 3.19. The Bertz CT molecular complexity index is 332. The first-order chi connectivity index (χ1) is 10.2. The third-order valence-electron chi connectivity index (χ3n) is 6.38. The lowest BCUT2D eigenvalue weighted by Crippen LogP contribution is -2.47. The van der Waals surface area contributed by atoms with E-state index in [1.54, 1.807) is 0 Å². The van der Waals surface area contributed by atoms with Crippen molar-refractivity contribution in [3.05, 3.63) is 0 Å². The zero-order valence-corrected chi connectivity index (χ0v) is 16.3. The van der Waals surface area contributed by atoms with E-state index in [0.29, 0.717) is 22.3 Å². The monoisotopic (exact) mass is 310 g/mol. The van der Waals surface area contributed by atoms with Crippen molar-refractivity contribution in [1.82, 2.24) is 0 Å². The molecular weight excluding hydrogens is 276 g/mol. The van der Waals surface area contributed by atoms with E-state index in [1.807, 2.05) is 0 Å². The molecule has 2 nitrogen and oxygen atoms in total. The zero-order chi connectivity index (χ0) is 15.3. The zero-order valence-electron chi connectivity index (χ0n) is 14.3. The molecular formula is C18H34O2Si. The second-order valence-corrected chi connectivity index (χ2v) is 7.73. The highest BCUT2D eigenvalue weighted by Crippen LogP contribution is 2.54. The van der Waals surface area contributed by atoms with Gasteiger partial charge in [-0.25, -0.2) is 0 Å². The highest BCUT2D eigenvalue weighted by Gasteiger charge is 2.53. The molecule has 21 heavy (non-hydrogen) atoms. The van der Waals surface area contributed by atoms with Crippen molar-refractivity contribution in [3.8, 4) is 0 Å². The van der Waals surface area contributed by atoms with Crippen LogP contribution >= 0.6 is 0 Å². The van der Waals surface area contributed by atoms with Crippen LogP contribution in [-0.2, 0) is 9.22 Å². The summed E-state index contributed by atoms with van der Waals surface area (Å²) in [5.41, 5.74) is -0.156. The molecule has 2 rings (SSSR count). The Kier molecular flexibility index (Phi) is 6.33. The van der Waals surface area contributed by atoms with Gasteiger partial charge in [-0.15, -0.1) is 0 Å². The minimum atomic E-state index is -0.156. The average molecular weight is 311 g/mol. The van der Waals surface area contributed by atoms with Gasteiger partial charge in [-0.3, -0.25) is 4.79 Å². The Morgan fingerprint density at radius 1 is 1.14 bits per heavy atom. The fourth-order valence-electron chi connectivity index (χ4n) is 5.63. The van der Waals surface area contributed by atoms with Crippen LogP contribution in [0.5, 0.6) is 0 Å². The third kappa shape index (κ3) is 3.23. The first-order valence-electron chi connectivity index (χ1n) is 9.29. The molecule has 3 heteroatoms. The lowest BCUT2D eigenvalue weighted by atomic mass is 9.58. The standard InChI is InChI=1S/C18H34O2Si/c1-3-13-18(17(19)20-21,15-11-7-8-12-15)16(4-2)14-9-5-6-10-14/h14-16H,3-13H2,1-2,21H3. The largest absolute Gasteiger partial charge is 0.528 e. The van der Waals surface area contributed by atoms with Crippen LogP contribution in [0.2, 0.25) is 0 Å². The Balaban J connectivity index is 2.36. The van der Waals surface area contributed by atoms with Crippen LogP contribution in [-0.4, -0.2) is 16.5 Å². The second-order valence-electron chi connectivity index (χ2n) is 7.32. The molecule has 0 aromatic rings. The summed E-state index contributed by atoms with van der Waals surface area (Å²) in [6.45, 7) is 4.55. The molecule has 0 heterocycles. The molecule has 2 aliphatic rings. The van der Waals surface area contributed by atoms with Gasteiger partial charge in [0.05, 0.1) is 5.41 Å². The minimum absolute atomic E-state index is 0.156. The molecule has 0 aromatic heterocycles. The number of carbonyl (C=O) groups is 1. The van der Waals surface area contributed by atoms with E-state index < -0.39 is 0 Å². The predicted octanol–water partition coefficient (Wildman–Crippen LogP) is 4.00. The topological polar surface area (TPSA) is 26.3 Å². The Labute approximate surface area is 134 Å². The molecule has 0 aromatic carbocycles. The van der Waals surface area contributed by atoms with E-state index in [4.69, 9.17) is 4.43 Å². The molecule has 2 fully saturated rings. The number of hydrogen-bond donors (Lipinski definition) is 0. The summed E-state index contributed by atoms with van der Waals surface area (Å²) in [6.07, 6.45) is 13.8. The predicted molar refractivity (Wildman–Crippen MR) is 91.1 cm³/mol. The number of hydrogen-bond acceptors (Lipinski definition) is 2. The molecule has 2 unspecified atom stereocenters. The van der Waals surface area contributed by atoms with E-state index in [-0.39, 0.29) is 11.4 Å². The van der Waals surface area contributed by atoms with Gasteiger partial charge < -0.3 is 4.43 Å². The summed E-state index contributed by atoms with van der Waals surface area (Å²) >= 11 is 0. The summed E-state index contributed by atoms with van der Waals surface area (Å²) in [5.74, 6) is 2.08. The maximum Gasteiger partial charge on any atom is 0.298 e. The van der Waals surface area contributed by atoms with Gasteiger partial charge in [-0.2, -0.15) is 0 Å². The van der Waals surface area contributed by atoms with Gasteiger partial charge in [0, 0.05) is 0 Å². The first kappa shape index (κ1) is 17.0. The van der Waals surface area contributed by atoms with Crippen LogP contribution < -0.4 is 0 Å². The van der Waals surface area contributed by atoms with Gasteiger partial charge in [0.25, 0.3) is 5.97 Å². The fourth-order valence-corrected chi connectivity index (χ4v) is 6.01. The van der Waals surface area contributed by atoms with Crippen LogP contribution in [0.4, 0.5) is 0 Å². The lowest BCUT2D eigenvalue weighted by molar-refractivity contribution is -0.157. The molecule has 0 bridgehead atoms. The quantitative estimate of drug-likeness (QED) is 0.664. The Morgan fingerprint density at radius 3 is 2.19 bits per heavy atom. The molecule has 0 radical (unpaired) electrons. The highest BCUT2D eigenvalue weighted by molar-refractivity contribution is 6.06. The van der Waals surface area contributed by atoms with Gasteiger partial charge in [-0.1, -0.05) is 65.2 Å². The molecule has 0 saturated heterocycles. The molecule has 2 aliphatic carbocycles. The van der Waals surface area contributed by atoms with Crippen molar-refractivity contribution in [2.75, 3.05) is 0 Å². The lowest BCUT2D eigenvalue weighted by Gasteiger charge is -2.45. The molecule has 0 amide bonds. The van der Waals surface area contributed by atoms with E-state index in [2.05, 4.69) is 13.8 Å². The molecule has 0 spiro atoms. The van der Waals surface area contributed by atoms with Crippen molar-refractivity contribution in [3.63, 3.8) is 0 Å². The second kappa shape index (κ2) is 7.80.